The van der Waals surface area contributed by atoms with Gasteiger partial charge in [0.1, 0.15) is 5.82 Å². The number of hydrogen-bond acceptors (Lipinski definition) is 4. The first kappa shape index (κ1) is 6.78. The molecule has 2 heterocycles. The van der Waals surface area contributed by atoms with Crippen molar-refractivity contribution in [2.75, 3.05) is 5.73 Å². The molecule has 0 saturated carbocycles. The van der Waals surface area contributed by atoms with Crippen molar-refractivity contribution in [1.82, 2.24) is 15.2 Å². The molecule has 60 valence electrons. The lowest BCUT2D eigenvalue weighted by Crippen LogP contribution is -2.10. The number of aromatic amines is 1. The van der Waals surface area contributed by atoms with Crippen molar-refractivity contribution in [3.05, 3.63) is 28.8 Å². The van der Waals surface area contributed by atoms with E-state index < -0.39 is 0 Å². The topological polar surface area (TPSA) is 84.7 Å². The predicted molar refractivity (Wildman–Crippen MR) is 44.6 cm³/mol. The molecule has 0 aliphatic rings. The van der Waals surface area contributed by atoms with Gasteiger partial charge in [0.25, 0.3) is 5.56 Å². The van der Waals surface area contributed by atoms with Crippen LogP contribution >= 0.6 is 0 Å². The normalized spacial score (nSPS) is 10.3. The summed E-state index contributed by atoms with van der Waals surface area (Å²) in [5.74, 6) is 0.233. The number of rotatable bonds is 0. The van der Waals surface area contributed by atoms with Gasteiger partial charge in [0.05, 0.1) is 11.6 Å². The molecule has 0 radical (unpaired) electrons. The fraction of sp³-hybridized carbons (Fsp3) is 0. The second-order valence-corrected chi connectivity index (χ2v) is 2.36. The Morgan fingerprint density at radius 3 is 3.08 bits per heavy atom. The van der Waals surface area contributed by atoms with Gasteiger partial charge in [0.2, 0.25) is 0 Å². The van der Waals surface area contributed by atoms with Crippen molar-refractivity contribution < 1.29 is 0 Å². The zero-order valence-corrected chi connectivity index (χ0v) is 6.11. The maximum absolute atomic E-state index is 11.2. The van der Waals surface area contributed by atoms with E-state index in [4.69, 9.17) is 5.73 Å². The van der Waals surface area contributed by atoms with E-state index in [1.54, 1.807) is 12.3 Å². The zero-order chi connectivity index (χ0) is 8.55. The van der Waals surface area contributed by atoms with Crippen LogP contribution in [0, 0.1) is 0 Å². The number of nitrogens with two attached hydrogens (primary N) is 1. The molecule has 2 aromatic rings. The Morgan fingerprint density at radius 1 is 1.50 bits per heavy atom. The second-order valence-electron chi connectivity index (χ2n) is 2.36. The van der Waals surface area contributed by atoms with E-state index in [-0.39, 0.29) is 11.4 Å². The van der Waals surface area contributed by atoms with Crippen LogP contribution in [-0.2, 0) is 0 Å². The SMILES string of the molecule is Nc1nccc2cn[nH]c(=O)c12. The Morgan fingerprint density at radius 2 is 2.33 bits per heavy atom. The minimum atomic E-state index is -0.307. The van der Waals surface area contributed by atoms with Crippen LogP contribution in [-0.4, -0.2) is 15.2 Å². The Hall–Kier alpha value is -1.91. The van der Waals surface area contributed by atoms with Crippen LogP contribution in [0.25, 0.3) is 10.8 Å². The summed E-state index contributed by atoms with van der Waals surface area (Å²) in [4.78, 5) is 15.0. The highest BCUT2D eigenvalue weighted by Crippen LogP contribution is 2.10. The van der Waals surface area contributed by atoms with Gasteiger partial charge in [-0.3, -0.25) is 4.79 Å². The van der Waals surface area contributed by atoms with Crippen molar-refractivity contribution in [3.8, 4) is 0 Å². The summed E-state index contributed by atoms with van der Waals surface area (Å²) in [6.07, 6.45) is 3.08. The quantitative estimate of drug-likeness (QED) is 0.566. The molecule has 0 saturated heterocycles. The number of anilines is 1. The summed E-state index contributed by atoms with van der Waals surface area (Å²) < 4.78 is 0. The average Bonchev–Trinajstić information content (AvgIpc) is 2.04. The molecular weight excluding hydrogens is 156 g/mol. The summed E-state index contributed by atoms with van der Waals surface area (Å²) in [5, 5.41) is 7.02. The molecule has 5 heteroatoms. The van der Waals surface area contributed by atoms with Gasteiger partial charge < -0.3 is 5.73 Å². The van der Waals surface area contributed by atoms with Gasteiger partial charge >= 0.3 is 0 Å². The van der Waals surface area contributed by atoms with Crippen molar-refractivity contribution in [1.29, 1.82) is 0 Å². The van der Waals surface area contributed by atoms with E-state index in [0.717, 1.165) is 0 Å². The molecule has 3 N–H and O–H groups in total. The van der Waals surface area contributed by atoms with Crippen molar-refractivity contribution in [3.63, 3.8) is 0 Å². The van der Waals surface area contributed by atoms with Crippen LogP contribution < -0.4 is 11.3 Å². The monoisotopic (exact) mass is 162 g/mol. The van der Waals surface area contributed by atoms with Crippen molar-refractivity contribution in [2.45, 2.75) is 0 Å². The van der Waals surface area contributed by atoms with Gasteiger partial charge in [-0.05, 0) is 6.07 Å². The molecule has 0 aliphatic carbocycles. The molecule has 0 unspecified atom stereocenters. The second kappa shape index (κ2) is 2.30. The number of nitrogens with one attached hydrogen (secondary N) is 1. The Kier molecular flexibility index (Phi) is 1.30. The number of nitrogen functional groups attached to an aromatic ring is 1. The number of pyridine rings is 1. The van der Waals surface area contributed by atoms with E-state index in [0.29, 0.717) is 10.8 Å². The first-order chi connectivity index (χ1) is 5.79. The molecule has 0 fully saturated rings. The largest absolute Gasteiger partial charge is 0.383 e. The molecule has 2 rings (SSSR count). The molecule has 2 aromatic heterocycles. The highest BCUT2D eigenvalue weighted by atomic mass is 16.1. The zero-order valence-electron chi connectivity index (χ0n) is 6.11. The molecule has 0 bridgehead atoms. The average molecular weight is 162 g/mol. The number of hydrogen-bond donors (Lipinski definition) is 2. The maximum atomic E-state index is 11.2. The van der Waals surface area contributed by atoms with Crippen LogP contribution in [0.4, 0.5) is 5.82 Å². The van der Waals surface area contributed by atoms with E-state index in [9.17, 15) is 4.79 Å². The lowest BCUT2D eigenvalue weighted by molar-refractivity contribution is 1.01. The third-order valence-electron chi connectivity index (χ3n) is 1.61. The lowest BCUT2D eigenvalue weighted by Gasteiger charge is -1.96. The molecule has 0 aliphatic heterocycles. The van der Waals surface area contributed by atoms with Crippen molar-refractivity contribution in [2.24, 2.45) is 0 Å². The van der Waals surface area contributed by atoms with E-state index in [1.807, 2.05) is 0 Å². The Labute approximate surface area is 67.2 Å². The first-order valence-electron chi connectivity index (χ1n) is 3.37. The first-order valence-corrected chi connectivity index (χ1v) is 3.37. The van der Waals surface area contributed by atoms with Gasteiger partial charge in [-0.25, -0.2) is 10.1 Å². The fourth-order valence-electron chi connectivity index (χ4n) is 1.06. The molecule has 12 heavy (non-hydrogen) atoms. The fourth-order valence-corrected chi connectivity index (χ4v) is 1.06. The van der Waals surface area contributed by atoms with Crippen LogP contribution in [0.15, 0.2) is 23.3 Å². The smallest absolute Gasteiger partial charge is 0.275 e. The van der Waals surface area contributed by atoms with E-state index in [1.165, 1.54) is 6.20 Å². The van der Waals surface area contributed by atoms with Gasteiger partial charge in [0.15, 0.2) is 0 Å². The number of H-pyrrole nitrogens is 1. The number of nitrogens with zero attached hydrogens (tertiary/aromatic N) is 2. The summed E-state index contributed by atoms with van der Waals surface area (Å²) in [7, 11) is 0. The minimum absolute atomic E-state index is 0.233. The van der Waals surface area contributed by atoms with Crippen LogP contribution in [0.5, 0.6) is 0 Å². The van der Waals surface area contributed by atoms with E-state index >= 15 is 0 Å². The number of aromatic nitrogens is 3. The highest BCUT2D eigenvalue weighted by Gasteiger charge is 2.01. The predicted octanol–water partition coefficient (Wildman–Crippen LogP) is -0.0997. The third kappa shape index (κ3) is 0.833. The molecule has 0 aromatic carbocycles. The van der Waals surface area contributed by atoms with Crippen LogP contribution in [0.3, 0.4) is 0 Å². The van der Waals surface area contributed by atoms with E-state index in [2.05, 4.69) is 15.2 Å². The summed E-state index contributed by atoms with van der Waals surface area (Å²) in [6.45, 7) is 0. The lowest BCUT2D eigenvalue weighted by atomic mass is 10.2. The van der Waals surface area contributed by atoms with Gasteiger partial charge in [-0.2, -0.15) is 5.10 Å². The molecule has 0 amide bonds. The highest BCUT2D eigenvalue weighted by molar-refractivity contribution is 5.88. The van der Waals surface area contributed by atoms with Gasteiger partial charge in [-0.15, -0.1) is 0 Å². The summed E-state index contributed by atoms with van der Waals surface area (Å²) >= 11 is 0. The standard InChI is InChI=1S/C7H6N4O/c8-6-5-4(1-2-9-6)3-10-11-7(5)12/h1-3H,(H2,8,9)(H,11,12). The third-order valence-corrected chi connectivity index (χ3v) is 1.61. The van der Waals surface area contributed by atoms with Crippen molar-refractivity contribution >= 4 is 16.6 Å². The van der Waals surface area contributed by atoms with Crippen LogP contribution in [0.1, 0.15) is 0 Å². The summed E-state index contributed by atoms with van der Waals surface area (Å²) in [5.41, 5.74) is 5.19. The maximum Gasteiger partial charge on any atom is 0.275 e. The molecule has 5 nitrogen and oxygen atoms in total. The Balaban J connectivity index is 3.07. The Bertz CT molecular complexity index is 471. The van der Waals surface area contributed by atoms with Crippen LogP contribution in [0.2, 0.25) is 0 Å². The summed E-state index contributed by atoms with van der Waals surface area (Å²) in [6, 6.07) is 1.69. The van der Waals surface area contributed by atoms with Gasteiger partial charge in [0, 0.05) is 11.6 Å². The number of fused-ring (bicyclic) bond motifs is 1. The molecule has 0 spiro atoms. The molecular formula is C7H6N4O. The van der Waals surface area contributed by atoms with Gasteiger partial charge in [-0.1, -0.05) is 0 Å². The molecule has 0 atom stereocenters. The minimum Gasteiger partial charge on any atom is -0.383 e.